The molecule has 0 bridgehead atoms. The molecule has 0 aliphatic rings. The highest BCUT2D eigenvalue weighted by molar-refractivity contribution is 5.82. The van der Waals surface area contributed by atoms with Crippen LogP contribution < -0.4 is 0 Å². The van der Waals surface area contributed by atoms with Crippen LogP contribution in [0.25, 0.3) is 0 Å². The maximum atomic E-state index is 12.0. The van der Waals surface area contributed by atoms with Crippen molar-refractivity contribution < 1.29 is 4.79 Å². The van der Waals surface area contributed by atoms with Gasteiger partial charge in [0.25, 0.3) is 0 Å². The van der Waals surface area contributed by atoms with Crippen molar-refractivity contribution in [3.8, 4) is 0 Å². The number of benzene rings is 1. The number of hydrogen-bond donors (Lipinski definition) is 0. The summed E-state index contributed by atoms with van der Waals surface area (Å²) in [5, 5.41) is 0. The molecule has 2 rings (SSSR count). The smallest absolute Gasteiger partial charge is 0.143 e. The topological polar surface area (TPSA) is 30.0 Å². The zero-order valence-corrected chi connectivity index (χ0v) is 11.5. The van der Waals surface area contributed by atoms with Gasteiger partial charge in [-0.1, -0.05) is 50.2 Å². The fourth-order valence-corrected chi connectivity index (χ4v) is 1.97. The first kappa shape index (κ1) is 13.5. The van der Waals surface area contributed by atoms with Gasteiger partial charge in [0.1, 0.15) is 5.78 Å². The van der Waals surface area contributed by atoms with E-state index < -0.39 is 0 Å². The third-order valence-electron chi connectivity index (χ3n) is 3.14. The Labute approximate surface area is 114 Å². The molecule has 0 fully saturated rings. The highest BCUT2D eigenvalue weighted by Gasteiger charge is 2.07. The van der Waals surface area contributed by atoms with Crippen LogP contribution in [0.15, 0.2) is 48.7 Å². The molecule has 0 amide bonds. The number of Topliss-reactive ketones (excluding diaryl/α,β-unsaturated/α-hetero) is 1. The minimum Gasteiger partial charge on any atom is -0.299 e. The molecule has 0 saturated carbocycles. The van der Waals surface area contributed by atoms with Gasteiger partial charge in [0.05, 0.1) is 0 Å². The van der Waals surface area contributed by atoms with E-state index in [0.29, 0.717) is 18.8 Å². The molecule has 1 heterocycles. The summed E-state index contributed by atoms with van der Waals surface area (Å²) in [6, 6.07) is 13.8. The molecule has 0 radical (unpaired) electrons. The molecule has 2 aromatic rings. The summed E-state index contributed by atoms with van der Waals surface area (Å²) in [6.45, 7) is 4.27. The number of carbonyl (C=O) groups is 1. The van der Waals surface area contributed by atoms with E-state index in [2.05, 4.69) is 24.9 Å². The highest BCUT2D eigenvalue weighted by Crippen LogP contribution is 2.13. The predicted molar refractivity (Wildman–Crippen MR) is 77.2 cm³/mol. The van der Waals surface area contributed by atoms with E-state index in [1.165, 1.54) is 5.56 Å². The second-order valence-corrected chi connectivity index (χ2v) is 5.12. The Morgan fingerprint density at radius 2 is 1.79 bits per heavy atom. The minimum absolute atomic E-state index is 0.205. The van der Waals surface area contributed by atoms with Crippen LogP contribution in [0.1, 0.15) is 36.6 Å². The molecule has 0 aliphatic heterocycles. The van der Waals surface area contributed by atoms with Crippen molar-refractivity contribution in [3.63, 3.8) is 0 Å². The third-order valence-corrected chi connectivity index (χ3v) is 3.14. The molecule has 19 heavy (non-hydrogen) atoms. The van der Waals surface area contributed by atoms with Crippen LogP contribution in [0.2, 0.25) is 0 Å². The lowest BCUT2D eigenvalue weighted by Crippen LogP contribution is -2.08. The standard InChI is InChI=1S/C17H19NO/c1-13(2)15-8-9-16(18-12-15)11-17(19)10-14-6-4-3-5-7-14/h3-9,12-13H,10-11H2,1-2H3. The summed E-state index contributed by atoms with van der Waals surface area (Å²) < 4.78 is 0. The maximum absolute atomic E-state index is 12.0. The maximum Gasteiger partial charge on any atom is 0.143 e. The number of ketones is 1. The summed E-state index contributed by atoms with van der Waals surface area (Å²) in [7, 11) is 0. The lowest BCUT2D eigenvalue weighted by molar-refractivity contribution is -0.117. The van der Waals surface area contributed by atoms with Gasteiger partial charge in [0.2, 0.25) is 0 Å². The highest BCUT2D eigenvalue weighted by atomic mass is 16.1. The van der Waals surface area contributed by atoms with Crippen LogP contribution in [-0.4, -0.2) is 10.8 Å². The van der Waals surface area contributed by atoms with Crippen LogP contribution in [0.4, 0.5) is 0 Å². The molecule has 0 unspecified atom stereocenters. The third kappa shape index (κ3) is 4.02. The van der Waals surface area contributed by atoms with Crippen LogP contribution in [-0.2, 0) is 17.6 Å². The van der Waals surface area contributed by atoms with E-state index in [9.17, 15) is 4.79 Å². The van der Waals surface area contributed by atoms with Crippen LogP contribution in [0.5, 0.6) is 0 Å². The lowest BCUT2D eigenvalue weighted by atomic mass is 10.0. The lowest BCUT2D eigenvalue weighted by Gasteiger charge is -2.06. The predicted octanol–water partition coefficient (Wildman–Crippen LogP) is 3.56. The van der Waals surface area contributed by atoms with E-state index >= 15 is 0 Å². The summed E-state index contributed by atoms with van der Waals surface area (Å²) >= 11 is 0. The van der Waals surface area contributed by atoms with Crippen LogP contribution in [0.3, 0.4) is 0 Å². The molecular formula is C17H19NO. The molecule has 0 saturated heterocycles. The molecule has 0 aliphatic carbocycles. The average molecular weight is 253 g/mol. The van der Waals surface area contributed by atoms with Gasteiger partial charge in [-0.25, -0.2) is 0 Å². The summed E-state index contributed by atoms with van der Waals surface area (Å²) in [6.07, 6.45) is 2.76. The quantitative estimate of drug-likeness (QED) is 0.815. The van der Waals surface area contributed by atoms with E-state index in [-0.39, 0.29) is 5.78 Å². The SMILES string of the molecule is CC(C)c1ccc(CC(=O)Cc2ccccc2)nc1. The Kier molecular flexibility index (Phi) is 4.45. The fraction of sp³-hybridized carbons (Fsp3) is 0.294. The van der Waals surface area contributed by atoms with Gasteiger partial charge in [-0.2, -0.15) is 0 Å². The first-order chi connectivity index (χ1) is 9.15. The van der Waals surface area contributed by atoms with Gasteiger partial charge in [0.15, 0.2) is 0 Å². The van der Waals surface area contributed by atoms with Crippen LogP contribution >= 0.6 is 0 Å². The van der Waals surface area contributed by atoms with Crippen molar-refractivity contribution in [3.05, 3.63) is 65.5 Å². The van der Waals surface area contributed by atoms with Crippen molar-refractivity contribution in [2.75, 3.05) is 0 Å². The molecule has 0 spiro atoms. The van der Waals surface area contributed by atoms with E-state index in [1.807, 2.05) is 42.6 Å². The molecule has 1 aromatic heterocycles. The minimum atomic E-state index is 0.205. The summed E-state index contributed by atoms with van der Waals surface area (Å²) in [5.41, 5.74) is 3.12. The van der Waals surface area contributed by atoms with E-state index in [1.54, 1.807) is 0 Å². The number of hydrogen-bond acceptors (Lipinski definition) is 2. The van der Waals surface area contributed by atoms with Crippen molar-refractivity contribution in [2.24, 2.45) is 0 Å². The normalized spacial score (nSPS) is 10.7. The van der Waals surface area contributed by atoms with Gasteiger partial charge in [-0.05, 0) is 23.1 Å². The molecular weight excluding hydrogens is 234 g/mol. The Bertz CT molecular complexity index is 529. The Morgan fingerprint density at radius 3 is 2.37 bits per heavy atom. The van der Waals surface area contributed by atoms with Gasteiger partial charge < -0.3 is 0 Å². The van der Waals surface area contributed by atoms with E-state index in [4.69, 9.17) is 0 Å². The fourth-order valence-electron chi connectivity index (χ4n) is 1.97. The second kappa shape index (κ2) is 6.28. The van der Waals surface area contributed by atoms with Crippen molar-refractivity contribution in [1.82, 2.24) is 4.98 Å². The molecule has 98 valence electrons. The zero-order chi connectivity index (χ0) is 13.7. The summed E-state index contributed by atoms with van der Waals surface area (Å²) in [4.78, 5) is 16.3. The van der Waals surface area contributed by atoms with Crippen molar-refractivity contribution in [1.29, 1.82) is 0 Å². The number of rotatable bonds is 5. The van der Waals surface area contributed by atoms with Crippen LogP contribution in [0, 0.1) is 0 Å². The molecule has 2 nitrogen and oxygen atoms in total. The van der Waals surface area contributed by atoms with Gasteiger partial charge in [-0.15, -0.1) is 0 Å². The Balaban J connectivity index is 1.95. The van der Waals surface area contributed by atoms with Crippen molar-refractivity contribution in [2.45, 2.75) is 32.6 Å². The van der Waals surface area contributed by atoms with Crippen molar-refractivity contribution >= 4 is 5.78 Å². The van der Waals surface area contributed by atoms with E-state index in [0.717, 1.165) is 11.3 Å². The second-order valence-electron chi connectivity index (χ2n) is 5.12. The summed E-state index contributed by atoms with van der Waals surface area (Å²) in [5.74, 6) is 0.678. The monoisotopic (exact) mass is 253 g/mol. The molecule has 2 heteroatoms. The number of nitrogens with zero attached hydrogens (tertiary/aromatic N) is 1. The molecule has 0 N–H and O–H groups in total. The number of carbonyl (C=O) groups excluding carboxylic acids is 1. The molecule has 0 atom stereocenters. The average Bonchev–Trinajstić information content (AvgIpc) is 2.40. The van der Waals surface area contributed by atoms with Gasteiger partial charge >= 0.3 is 0 Å². The van der Waals surface area contributed by atoms with Gasteiger partial charge in [0, 0.05) is 24.7 Å². The zero-order valence-electron chi connectivity index (χ0n) is 11.5. The Hall–Kier alpha value is -1.96. The Morgan fingerprint density at radius 1 is 1.05 bits per heavy atom. The number of aromatic nitrogens is 1. The number of pyridine rings is 1. The van der Waals surface area contributed by atoms with Gasteiger partial charge in [-0.3, -0.25) is 9.78 Å². The molecule has 1 aromatic carbocycles. The first-order valence-corrected chi connectivity index (χ1v) is 6.65. The first-order valence-electron chi connectivity index (χ1n) is 6.65. The largest absolute Gasteiger partial charge is 0.299 e.